The molecule has 0 fully saturated rings. The number of terminal acetylenes is 1. The molecular formula is C40H63F2NO5. The Hall–Kier alpha value is -3.35. The van der Waals surface area contributed by atoms with Crippen molar-refractivity contribution in [1.82, 2.24) is 0 Å². The molecule has 3 atom stereocenters. The molecule has 8 heteroatoms. The summed E-state index contributed by atoms with van der Waals surface area (Å²) in [5, 5.41) is 30.5. The highest BCUT2D eigenvalue weighted by Crippen LogP contribution is 2.35. The highest BCUT2D eigenvalue weighted by molar-refractivity contribution is 5.95. The van der Waals surface area contributed by atoms with E-state index in [9.17, 15) is 28.9 Å². The number of aliphatic hydroxyl groups excluding tert-OH is 2. The molecule has 48 heavy (non-hydrogen) atoms. The van der Waals surface area contributed by atoms with Gasteiger partial charge in [-0.15, -0.1) is 12.8 Å². The van der Waals surface area contributed by atoms with Gasteiger partial charge in [-0.3, -0.25) is 4.79 Å². The van der Waals surface area contributed by atoms with Crippen LogP contribution in [0.2, 0.25) is 0 Å². The number of hydrogen-bond donors (Lipinski definition) is 3. The normalized spacial score (nSPS) is 13.8. The number of Topliss-reactive ketones (excluding diaryl/α,β-unsaturated/α-hetero) is 1. The van der Waals surface area contributed by atoms with Gasteiger partial charge in [0.1, 0.15) is 11.6 Å². The van der Waals surface area contributed by atoms with Gasteiger partial charge in [0.05, 0.1) is 25.4 Å². The first-order valence-corrected chi connectivity index (χ1v) is 17.2. The molecule has 0 saturated carbocycles. The van der Waals surface area contributed by atoms with Crippen LogP contribution in [0.3, 0.4) is 0 Å². The summed E-state index contributed by atoms with van der Waals surface area (Å²) in [7, 11) is 1.81. The summed E-state index contributed by atoms with van der Waals surface area (Å²) in [5.74, 6) is -0.568. The second-order valence-corrected chi connectivity index (χ2v) is 9.92. The van der Waals surface area contributed by atoms with Gasteiger partial charge in [-0.05, 0) is 85.4 Å². The maximum Gasteiger partial charge on any atom is 0.162 e. The summed E-state index contributed by atoms with van der Waals surface area (Å²) < 4.78 is 31.3. The zero-order chi connectivity index (χ0) is 37.7. The first kappa shape index (κ1) is 49.0. The minimum Gasteiger partial charge on any atom is -0.394 e. The van der Waals surface area contributed by atoms with Crippen LogP contribution >= 0.6 is 0 Å². The number of rotatable bonds is 13. The lowest BCUT2D eigenvalue weighted by molar-refractivity contribution is -0.00947. The Morgan fingerprint density at radius 2 is 1.40 bits per heavy atom. The topological polar surface area (TPSA) is 90.2 Å². The van der Waals surface area contributed by atoms with Crippen molar-refractivity contribution in [2.24, 2.45) is 0 Å². The summed E-state index contributed by atoms with van der Waals surface area (Å²) in [5.41, 5.74) is 2.15. The van der Waals surface area contributed by atoms with E-state index in [1.165, 1.54) is 36.4 Å². The number of halogens is 2. The Bertz CT molecular complexity index is 1160. The molecule has 1 aliphatic rings. The number of allylic oxidation sites excluding steroid dienone is 2. The summed E-state index contributed by atoms with van der Waals surface area (Å²) >= 11 is 0. The molecular weight excluding hydrogens is 612 g/mol. The molecule has 6 nitrogen and oxygen atoms in total. The number of carbonyl (C=O) groups excluding carboxylic acids is 1. The third-order valence-electron chi connectivity index (χ3n) is 7.21. The van der Waals surface area contributed by atoms with Gasteiger partial charge in [-0.25, -0.2) is 8.78 Å². The number of nitrogens with zero attached hydrogens (tertiary/aromatic N) is 1. The molecule has 0 aliphatic heterocycles. The lowest BCUT2D eigenvalue weighted by Crippen LogP contribution is -2.48. The van der Waals surface area contributed by atoms with Crippen LogP contribution in [0.15, 0.2) is 71.8 Å². The van der Waals surface area contributed by atoms with Crippen molar-refractivity contribution < 1.29 is 33.6 Å². The summed E-state index contributed by atoms with van der Waals surface area (Å²) in [4.78, 5) is 12.8. The zero-order valence-electron chi connectivity index (χ0n) is 31.1. The number of ketones is 1. The summed E-state index contributed by atoms with van der Waals surface area (Å²) in [6.45, 7) is 17.9. The van der Waals surface area contributed by atoms with Gasteiger partial charge in [0, 0.05) is 31.1 Å². The van der Waals surface area contributed by atoms with E-state index in [1.807, 2.05) is 74.6 Å². The molecule has 0 spiro atoms. The van der Waals surface area contributed by atoms with Crippen LogP contribution in [0.5, 0.6) is 0 Å². The van der Waals surface area contributed by atoms with E-state index in [-0.39, 0.29) is 30.1 Å². The van der Waals surface area contributed by atoms with Crippen LogP contribution in [0, 0.1) is 24.5 Å². The molecule has 0 aromatic heterocycles. The Kier molecular flexibility index (Phi) is 30.4. The molecule has 0 heterocycles. The van der Waals surface area contributed by atoms with Gasteiger partial charge in [-0.1, -0.05) is 74.5 Å². The molecule has 2 aromatic rings. The molecule has 1 aliphatic carbocycles. The molecule has 272 valence electrons. The lowest BCUT2D eigenvalue weighted by Gasteiger charge is -2.41. The van der Waals surface area contributed by atoms with E-state index in [0.717, 1.165) is 23.3 Å². The highest BCUT2D eigenvalue weighted by Gasteiger charge is 2.35. The molecule has 0 bridgehead atoms. The van der Waals surface area contributed by atoms with Crippen LogP contribution in [-0.2, 0) is 4.74 Å². The van der Waals surface area contributed by atoms with Crippen LogP contribution in [0.25, 0.3) is 0 Å². The largest absolute Gasteiger partial charge is 0.394 e. The number of hydrogen-bond acceptors (Lipinski definition) is 6. The second kappa shape index (κ2) is 29.8. The molecule has 0 amide bonds. The van der Waals surface area contributed by atoms with Crippen molar-refractivity contribution in [3.8, 4) is 12.8 Å². The predicted molar refractivity (Wildman–Crippen MR) is 198 cm³/mol. The molecule has 0 radical (unpaired) electrons. The number of carbonyl (C=O) groups is 1. The van der Waals surface area contributed by atoms with Crippen LogP contribution in [0.4, 0.5) is 14.5 Å². The van der Waals surface area contributed by atoms with Crippen molar-refractivity contribution >= 4 is 11.5 Å². The standard InChI is InChI=1S/C23H34FNO4.C9H9FO.3C2H6.C2H2/c1-4-21(27)14-22(15-26)29-16-17-6-8-18(9-7-17)23(28,5-2)25(3)20-12-10-19(24)11-13-20;1-2-9(11)7-3-5-8(10)6-4-7;4*1-2/h6,8,10-13,21-22,26-28H,4-5,7,9,14-16H2,1-3H3;3-6H,2H2,1H3;3*1-2H3;1-2H/t21-,22?,23+;;;;;/m1...../s1. The van der Waals surface area contributed by atoms with Gasteiger partial charge >= 0.3 is 0 Å². The summed E-state index contributed by atoms with van der Waals surface area (Å²) in [6, 6.07) is 11.7. The number of benzene rings is 2. The third kappa shape index (κ3) is 17.7. The minimum absolute atomic E-state index is 0.0463. The molecule has 0 saturated heterocycles. The first-order chi connectivity index (χ1) is 23.1. The fourth-order valence-corrected chi connectivity index (χ4v) is 4.42. The molecule has 3 rings (SSSR count). The Balaban J connectivity index is -0.000000883. The first-order valence-electron chi connectivity index (χ1n) is 17.2. The van der Waals surface area contributed by atoms with Crippen LogP contribution < -0.4 is 4.90 Å². The Morgan fingerprint density at radius 1 is 0.896 bits per heavy atom. The van der Waals surface area contributed by atoms with E-state index in [4.69, 9.17) is 4.74 Å². The van der Waals surface area contributed by atoms with Crippen molar-refractivity contribution in [3.05, 3.63) is 89.0 Å². The third-order valence-corrected chi connectivity index (χ3v) is 7.21. The van der Waals surface area contributed by atoms with Gasteiger partial charge in [-0.2, -0.15) is 0 Å². The minimum atomic E-state index is -1.15. The average Bonchev–Trinajstić information content (AvgIpc) is 3.16. The van der Waals surface area contributed by atoms with E-state index >= 15 is 0 Å². The highest BCUT2D eigenvalue weighted by atomic mass is 19.1. The van der Waals surface area contributed by atoms with Crippen molar-refractivity contribution in [1.29, 1.82) is 0 Å². The molecule has 3 N–H and O–H groups in total. The monoisotopic (exact) mass is 675 g/mol. The van der Waals surface area contributed by atoms with Gasteiger partial charge in [0.2, 0.25) is 0 Å². The number of likely N-dealkylation sites (N-methyl/N-ethyl adjacent to an activating group) is 1. The van der Waals surface area contributed by atoms with E-state index in [0.29, 0.717) is 44.3 Å². The lowest BCUT2D eigenvalue weighted by atomic mass is 9.88. The Labute approximate surface area is 290 Å². The van der Waals surface area contributed by atoms with Crippen LogP contribution in [-0.4, -0.2) is 59.3 Å². The van der Waals surface area contributed by atoms with Crippen molar-refractivity contribution in [2.75, 3.05) is 25.2 Å². The number of aliphatic hydroxyl groups is 3. The fourth-order valence-electron chi connectivity index (χ4n) is 4.42. The van der Waals surface area contributed by atoms with E-state index in [2.05, 4.69) is 12.8 Å². The quantitative estimate of drug-likeness (QED) is 0.111. The predicted octanol–water partition coefficient (Wildman–Crippen LogP) is 9.29. The van der Waals surface area contributed by atoms with Gasteiger partial charge in [0.15, 0.2) is 11.5 Å². The van der Waals surface area contributed by atoms with E-state index < -0.39 is 11.8 Å². The molecule has 2 aromatic carbocycles. The summed E-state index contributed by atoms with van der Waals surface area (Å²) in [6.07, 6.45) is 14.5. The second-order valence-electron chi connectivity index (χ2n) is 9.92. The zero-order valence-corrected chi connectivity index (χ0v) is 31.1. The average molecular weight is 676 g/mol. The van der Waals surface area contributed by atoms with Gasteiger partial charge in [0.25, 0.3) is 0 Å². The van der Waals surface area contributed by atoms with Crippen molar-refractivity contribution in [2.45, 2.75) is 119 Å². The van der Waals surface area contributed by atoms with E-state index in [1.54, 1.807) is 24.0 Å². The number of ether oxygens (including phenoxy) is 1. The number of anilines is 1. The maximum absolute atomic E-state index is 13.2. The fraction of sp³-hybridized carbons (Fsp3) is 0.525. The smallest absolute Gasteiger partial charge is 0.162 e. The van der Waals surface area contributed by atoms with Crippen molar-refractivity contribution in [3.63, 3.8) is 0 Å². The molecule has 1 unspecified atom stereocenters. The SMILES string of the molecule is C#C.CC.CC.CC.CCC(=O)c1ccc(F)cc1.CC[C@@H](O)CC(CO)OCC1=CC=C([C@@](O)(CC)N(C)c2ccc(F)cc2)CC1. The van der Waals surface area contributed by atoms with Crippen LogP contribution in [0.1, 0.15) is 111 Å². The van der Waals surface area contributed by atoms with Gasteiger partial charge < -0.3 is 25.0 Å². The maximum atomic E-state index is 13.2. The Morgan fingerprint density at radius 3 is 1.79 bits per heavy atom.